The molecule has 5 heteroatoms. The van der Waals surface area contributed by atoms with Crippen LogP contribution in [0.15, 0.2) is 30.6 Å². The van der Waals surface area contributed by atoms with E-state index in [0.29, 0.717) is 16.6 Å². The molecule has 3 nitrogen and oxygen atoms in total. The van der Waals surface area contributed by atoms with Gasteiger partial charge >= 0.3 is 0 Å². The summed E-state index contributed by atoms with van der Waals surface area (Å²) in [5.41, 5.74) is 7.36. The Hall–Kier alpha value is -1.39. The van der Waals surface area contributed by atoms with Crippen LogP contribution >= 0.6 is 23.8 Å². The number of aryl methyl sites for hydroxylation is 1. The molecule has 0 amide bonds. The Balaban J connectivity index is 2.29. The van der Waals surface area contributed by atoms with Gasteiger partial charge in [0.2, 0.25) is 0 Å². The molecule has 88 valence electrons. The van der Waals surface area contributed by atoms with E-state index in [4.69, 9.17) is 29.6 Å². The highest BCUT2D eigenvalue weighted by atomic mass is 35.5. The number of nitrogens with two attached hydrogens (primary N) is 1. The largest absolute Gasteiger partial charge is 0.389 e. The van der Waals surface area contributed by atoms with Gasteiger partial charge in [-0.3, -0.25) is 0 Å². The van der Waals surface area contributed by atoms with Gasteiger partial charge in [0.25, 0.3) is 0 Å². The van der Waals surface area contributed by atoms with Crippen molar-refractivity contribution in [2.45, 2.75) is 13.5 Å². The normalized spacial score (nSPS) is 10.5. The van der Waals surface area contributed by atoms with Crippen LogP contribution in [0.2, 0.25) is 5.02 Å². The van der Waals surface area contributed by atoms with Crippen LogP contribution in [0, 0.1) is 6.92 Å². The van der Waals surface area contributed by atoms with Gasteiger partial charge in [-0.1, -0.05) is 36.0 Å². The predicted octanol–water partition coefficient (Wildman–Crippen LogP) is 2.53. The average Bonchev–Trinajstić information content (AvgIpc) is 2.67. The molecule has 17 heavy (non-hydrogen) atoms. The van der Waals surface area contributed by atoms with Crippen LogP contribution in [-0.4, -0.2) is 14.5 Å². The van der Waals surface area contributed by atoms with Crippen molar-refractivity contribution in [3.8, 4) is 0 Å². The van der Waals surface area contributed by atoms with Crippen LogP contribution in [-0.2, 0) is 6.54 Å². The van der Waals surface area contributed by atoms with Gasteiger partial charge in [0.05, 0.1) is 6.54 Å². The Labute approximate surface area is 110 Å². The molecule has 1 aromatic carbocycles. The Morgan fingerprint density at radius 2 is 2.29 bits per heavy atom. The summed E-state index contributed by atoms with van der Waals surface area (Å²) < 4.78 is 2.03. The first kappa shape index (κ1) is 12.1. The van der Waals surface area contributed by atoms with Crippen molar-refractivity contribution in [1.29, 1.82) is 0 Å². The maximum atomic E-state index is 6.19. The second-order valence-electron chi connectivity index (χ2n) is 3.77. The van der Waals surface area contributed by atoms with E-state index >= 15 is 0 Å². The molecular weight excluding hydrogens is 254 g/mol. The fourth-order valence-corrected chi connectivity index (χ4v) is 1.95. The monoisotopic (exact) mass is 265 g/mol. The van der Waals surface area contributed by atoms with Crippen LogP contribution in [0.3, 0.4) is 0 Å². The van der Waals surface area contributed by atoms with Crippen LogP contribution < -0.4 is 5.73 Å². The van der Waals surface area contributed by atoms with E-state index in [0.717, 1.165) is 17.0 Å². The number of nitrogens with zero attached hydrogens (tertiary/aromatic N) is 2. The van der Waals surface area contributed by atoms with Gasteiger partial charge in [-0.25, -0.2) is 4.98 Å². The fourth-order valence-electron chi connectivity index (χ4n) is 1.58. The minimum absolute atomic E-state index is 0.359. The minimum atomic E-state index is 0.359. The lowest BCUT2D eigenvalue weighted by atomic mass is 10.1. The molecule has 0 spiro atoms. The number of hydrogen-bond acceptors (Lipinski definition) is 2. The molecule has 2 aromatic rings. The van der Waals surface area contributed by atoms with E-state index in [1.54, 1.807) is 12.3 Å². The molecule has 0 radical (unpaired) electrons. The number of thiocarbonyl (C=S) groups is 1. The maximum absolute atomic E-state index is 6.19. The molecule has 0 unspecified atom stereocenters. The first-order valence-electron chi connectivity index (χ1n) is 5.14. The van der Waals surface area contributed by atoms with E-state index < -0.39 is 0 Å². The van der Waals surface area contributed by atoms with Gasteiger partial charge in [0.15, 0.2) is 0 Å². The van der Waals surface area contributed by atoms with Crippen molar-refractivity contribution < 1.29 is 0 Å². The molecule has 0 atom stereocenters. The molecular formula is C12H12ClN3S. The smallest absolute Gasteiger partial charge is 0.105 e. The number of imidazole rings is 1. The van der Waals surface area contributed by atoms with Gasteiger partial charge in [0.1, 0.15) is 10.8 Å². The third-order valence-electron chi connectivity index (χ3n) is 2.60. The SMILES string of the molecule is Cc1nccn1Cc1ccc(C(N)=S)cc1Cl. The number of aromatic nitrogens is 2. The highest BCUT2D eigenvalue weighted by molar-refractivity contribution is 7.80. The summed E-state index contributed by atoms with van der Waals surface area (Å²) in [5, 5.41) is 0.670. The number of benzene rings is 1. The van der Waals surface area contributed by atoms with Crippen LogP contribution in [0.1, 0.15) is 17.0 Å². The Kier molecular flexibility index (Phi) is 3.45. The minimum Gasteiger partial charge on any atom is -0.389 e. The number of rotatable bonds is 3. The van der Waals surface area contributed by atoms with Crippen molar-refractivity contribution in [2.24, 2.45) is 5.73 Å². The molecule has 0 aliphatic carbocycles. The van der Waals surface area contributed by atoms with Gasteiger partial charge in [-0.2, -0.15) is 0 Å². The van der Waals surface area contributed by atoms with E-state index in [1.165, 1.54) is 0 Å². The van der Waals surface area contributed by atoms with E-state index in [-0.39, 0.29) is 0 Å². The molecule has 0 aliphatic rings. The van der Waals surface area contributed by atoms with Crippen LogP contribution in [0.5, 0.6) is 0 Å². The van der Waals surface area contributed by atoms with Crippen molar-refractivity contribution >= 4 is 28.8 Å². The highest BCUT2D eigenvalue weighted by Gasteiger charge is 2.05. The molecule has 1 heterocycles. The zero-order valence-corrected chi connectivity index (χ0v) is 10.9. The van der Waals surface area contributed by atoms with E-state index in [9.17, 15) is 0 Å². The zero-order chi connectivity index (χ0) is 12.4. The predicted molar refractivity (Wildman–Crippen MR) is 73.4 cm³/mol. The second-order valence-corrected chi connectivity index (χ2v) is 4.62. The molecule has 0 saturated carbocycles. The lowest BCUT2D eigenvalue weighted by Crippen LogP contribution is -2.10. The molecule has 0 saturated heterocycles. The Morgan fingerprint density at radius 3 is 2.82 bits per heavy atom. The van der Waals surface area contributed by atoms with Crippen molar-refractivity contribution in [3.63, 3.8) is 0 Å². The first-order chi connectivity index (χ1) is 8.08. The molecule has 2 rings (SSSR count). The Morgan fingerprint density at radius 1 is 1.53 bits per heavy atom. The maximum Gasteiger partial charge on any atom is 0.105 e. The van der Waals surface area contributed by atoms with Crippen LogP contribution in [0.4, 0.5) is 0 Å². The molecule has 1 aromatic heterocycles. The van der Waals surface area contributed by atoms with Crippen LogP contribution in [0.25, 0.3) is 0 Å². The fraction of sp³-hybridized carbons (Fsp3) is 0.167. The summed E-state index contributed by atoms with van der Waals surface area (Å²) in [6, 6.07) is 5.62. The lowest BCUT2D eigenvalue weighted by Gasteiger charge is -2.08. The second kappa shape index (κ2) is 4.85. The molecule has 0 aliphatic heterocycles. The van der Waals surface area contributed by atoms with Crippen molar-refractivity contribution in [1.82, 2.24) is 9.55 Å². The lowest BCUT2D eigenvalue weighted by molar-refractivity contribution is 0.762. The summed E-state index contributed by atoms with van der Waals surface area (Å²) in [6.07, 6.45) is 3.69. The third kappa shape index (κ3) is 2.65. The number of halogens is 1. The molecule has 0 fully saturated rings. The molecule has 2 N–H and O–H groups in total. The van der Waals surface area contributed by atoms with Gasteiger partial charge < -0.3 is 10.3 Å². The van der Waals surface area contributed by atoms with Gasteiger partial charge in [0, 0.05) is 23.0 Å². The quantitative estimate of drug-likeness (QED) is 0.868. The zero-order valence-electron chi connectivity index (χ0n) is 9.35. The average molecular weight is 266 g/mol. The third-order valence-corrected chi connectivity index (χ3v) is 3.19. The van der Waals surface area contributed by atoms with E-state index in [2.05, 4.69) is 4.98 Å². The summed E-state index contributed by atoms with van der Waals surface area (Å²) in [6.45, 7) is 2.65. The van der Waals surface area contributed by atoms with E-state index in [1.807, 2.05) is 29.8 Å². The Bertz CT molecular complexity index is 563. The summed E-state index contributed by atoms with van der Waals surface area (Å²) >= 11 is 11.1. The topological polar surface area (TPSA) is 43.8 Å². The van der Waals surface area contributed by atoms with Crippen molar-refractivity contribution in [2.75, 3.05) is 0 Å². The highest BCUT2D eigenvalue weighted by Crippen LogP contribution is 2.19. The summed E-state index contributed by atoms with van der Waals surface area (Å²) in [4.78, 5) is 4.53. The van der Waals surface area contributed by atoms with Gasteiger partial charge in [-0.15, -0.1) is 0 Å². The van der Waals surface area contributed by atoms with Gasteiger partial charge in [-0.05, 0) is 18.6 Å². The first-order valence-corrected chi connectivity index (χ1v) is 5.92. The van der Waals surface area contributed by atoms with Crippen molar-refractivity contribution in [3.05, 3.63) is 52.6 Å². The standard InChI is InChI=1S/C12H12ClN3S/c1-8-15-4-5-16(8)7-10-3-2-9(12(14)17)6-11(10)13/h2-6H,7H2,1H3,(H2,14,17). The summed E-state index contributed by atoms with van der Waals surface area (Å²) in [7, 11) is 0. The summed E-state index contributed by atoms with van der Waals surface area (Å²) in [5.74, 6) is 0.958. The number of hydrogen-bond donors (Lipinski definition) is 1. The molecule has 0 bridgehead atoms.